The zero-order valence-corrected chi connectivity index (χ0v) is 14.9. The number of halogens is 1. The summed E-state index contributed by atoms with van der Waals surface area (Å²) < 4.78 is 19.8. The number of hydrogen-bond donors (Lipinski definition) is 1. The summed E-state index contributed by atoms with van der Waals surface area (Å²) in [6.07, 6.45) is 0.664. The lowest BCUT2D eigenvalue weighted by Gasteiger charge is -2.25. The third-order valence-electron chi connectivity index (χ3n) is 3.70. The number of nitrogens with zero attached hydrogens (tertiary/aromatic N) is 1. The normalized spacial score (nSPS) is 11.5. The van der Waals surface area contributed by atoms with Crippen molar-refractivity contribution in [2.24, 2.45) is 0 Å². The zero-order chi connectivity index (χ0) is 17.9. The first-order valence-electron chi connectivity index (χ1n) is 8.01. The number of para-hydroxylation sites is 1. The summed E-state index contributed by atoms with van der Waals surface area (Å²) >= 11 is 1.63. The van der Waals surface area contributed by atoms with E-state index in [2.05, 4.69) is 10.3 Å². The van der Waals surface area contributed by atoms with Crippen molar-refractivity contribution in [2.45, 2.75) is 25.9 Å². The molecular weight excluding hydrogens is 339 g/mol. The molecule has 0 atom stereocenters. The predicted octanol–water partition coefficient (Wildman–Crippen LogP) is 3.95. The molecule has 0 aliphatic carbocycles. The molecule has 0 radical (unpaired) electrons. The molecule has 0 saturated heterocycles. The van der Waals surface area contributed by atoms with E-state index < -0.39 is 5.60 Å². The van der Waals surface area contributed by atoms with Crippen molar-refractivity contribution in [3.8, 4) is 5.75 Å². The highest BCUT2D eigenvalue weighted by atomic mass is 32.1. The van der Waals surface area contributed by atoms with Gasteiger partial charge in [0, 0.05) is 13.0 Å². The van der Waals surface area contributed by atoms with Crippen LogP contribution in [-0.2, 0) is 11.2 Å². The molecule has 1 N–H and O–H groups in total. The predicted molar refractivity (Wildman–Crippen MR) is 97.4 cm³/mol. The molecule has 1 amide bonds. The average molecular weight is 358 g/mol. The van der Waals surface area contributed by atoms with Gasteiger partial charge >= 0.3 is 0 Å². The molecule has 130 valence electrons. The summed E-state index contributed by atoms with van der Waals surface area (Å²) in [5.74, 6) is -0.115. The minimum absolute atomic E-state index is 0.224. The Bertz CT molecular complexity index is 842. The maximum Gasteiger partial charge on any atom is 0.263 e. The minimum atomic E-state index is -1.05. The van der Waals surface area contributed by atoms with E-state index in [0.29, 0.717) is 18.7 Å². The molecule has 6 heteroatoms. The molecule has 2 aromatic carbocycles. The number of nitrogens with one attached hydrogen (secondary N) is 1. The lowest BCUT2D eigenvalue weighted by Crippen LogP contribution is -2.47. The Kier molecular flexibility index (Phi) is 4.99. The molecule has 3 aromatic rings. The third kappa shape index (κ3) is 4.33. The quantitative estimate of drug-likeness (QED) is 0.726. The summed E-state index contributed by atoms with van der Waals surface area (Å²) in [6, 6.07) is 13.6. The second-order valence-electron chi connectivity index (χ2n) is 6.15. The molecule has 0 unspecified atom stereocenters. The Morgan fingerprint density at radius 1 is 1.20 bits per heavy atom. The van der Waals surface area contributed by atoms with Crippen LogP contribution < -0.4 is 10.1 Å². The van der Waals surface area contributed by atoms with Crippen molar-refractivity contribution >= 4 is 27.5 Å². The molecule has 25 heavy (non-hydrogen) atoms. The fraction of sp³-hybridized carbons (Fsp3) is 0.263. The van der Waals surface area contributed by atoms with E-state index in [1.54, 1.807) is 25.2 Å². The Labute approximate surface area is 149 Å². The fourth-order valence-electron chi connectivity index (χ4n) is 2.37. The van der Waals surface area contributed by atoms with Gasteiger partial charge in [-0.25, -0.2) is 9.37 Å². The van der Waals surface area contributed by atoms with Gasteiger partial charge in [0.25, 0.3) is 5.91 Å². The van der Waals surface area contributed by atoms with Crippen molar-refractivity contribution in [3.05, 3.63) is 59.4 Å². The van der Waals surface area contributed by atoms with Crippen LogP contribution in [0.4, 0.5) is 4.39 Å². The maximum atomic E-state index is 12.9. The average Bonchev–Trinajstić information content (AvgIpc) is 2.99. The molecule has 4 nitrogen and oxygen atoms in total. The zero-order valence-electron chi connectivity index (χ0n) is 14.1. The Hall–Kier alpha value is -2.47. The van der Waals surface area contributed by atoms with E-state index in [1.165, 1.54) is 24.3 Å². The van der Waals surface area contributed by atoms with Gasteiger partial charge in [-0.3, -0.25) is 4.79 Å². The van der Waals surface area contributed by atoms with Crippen LogP contribution in [0, 0.1) is 5.82 Å². The van der Waals surface area contributed by atoms with Crippen LogP contribution in [0.5, 0.6) is 5.75 Å². The number of aromatic nitrogens is 1. The number of carbonyl (C=O) groups excluding carboxylic acids is 1. The van der Waals surface area contributed by atoms with E-state index in [0.717, 1.165) is 15.2 Å². The highest BCUT2D eigenvalue weighted by molar-refractivity contribution is 7.18. The number of carbonyl (C=O) groups is 1. The highest BCUT2D eigenvalue weighted by Gasteiger charge is 2.29. The van der Waals surface area contributed by atoms with Gasteiger partial charge < -0.3 is 10.1 Å². The van der Waals surface area contributed by atoms with Crippen LogP contribution >= 0.6 is 11.3 Å². The third-order valence-corrected chi connectivity index (χ3v) is 4.79. The Balaban J connectivity index is 1.54. The minimum Gasteiger partial charge on any atom is -0.478 e. The summed E-state index contributed by atoms with van der Waals surface area (Å²) in [5, 5.41) is 3.86. The van der Waals surface area contributed by atoms with E-state index in [-0.39, 0.29) is 11.7 Å². The molecule has 3 rings (SSSR count). The van der Waals surface area contributed by atoms with Crippen molar-refractivity contribution in [1.82, 2.24) is 10.3 Å². The van der Waals surface area contributed by atoms with Gasteiger partial charge in [0.15, 0.2) is 5.60 Å². The number of thiazole rings is 1. The Morgan fingerprint density at radius 3 is 2.64 bits per heavy atom. The lowest BCUT2D eigenvalue weighted by atomic mass is 10.1. The Morgan fingerprint density at radius 2 is 1.92 bits per heavy atom. The second-order valence-corrected chi connectivity index (χ2v) is 7.26. The number of hydrogen-bond acceptors (Lipinski definition) is 4. The van der Waals surface area contributed by atoms with Gasteiger partial charge in [0.1, 0.15) is 11.6 Å². The number of ether oxygens (including phenoxy) is 1. The molecule has 0 bridgehead atoms. The van der Waals surface area contributed by atoms with Gasteiger partial charge in [0.05, 0.1) is 15.2 Å². The van der Waals surface area contributed by atoms with Crippen LogP contribution in [0.3, 0.4) is 0 Å². The van der Waals surface area contributed by atoms with Gasteiger partial charge in [-0.15, -0.1) is 11.3 Å². The molecule has 1 aromatic heterocycles. The highest BCUT2D eigenvalue weighted by Crippen LogP contribution is 2.22. The van der Waals surface area contributed by atoms with Gasteiger partial charge in [0.2, 0.25) is 0 Å². The van der Waals surface area contributed by atoms with Crippen LogP contribution in [0.2, 0.25) is 0 Å². The van der Waals surface area contributed by atoms with Crippen molar-refractivity contribution in [1.29, 1.82) is 0 Å². The largest absolute Gasteiger partial charge is 0.478 e. The number of fused-ring (bicyclic) bond motifs is 1. The van der Waals surface area contributed by atoms with E-state index in [9.17, 15) is 9.18 Å². The first-order valence-corrected chi connectivity index (χ1v) is 8.83. The fourth-order valence-corrected chi connectivity index (χ4v) is 3.33. The van der Waals surface area contributed by atoms with Gasteiger partial charge in [-0.2, -0.15) is 0 Å². The molecular formula is C19H19FN2O2S. The van der Waals surface area contributed by atoms with Crippen molar-refractivity contribution in [3.63, 3.8) is 0 Å². The van der Waals surface area contributed by atoms with E-state index in [4.69, 9.17) is 4.74 Å². The van der Waals surface area contributed by atoms with Crippen LogP contribution in [0.25, 0.3) is 10.2 Å². The van der Waals surface area contributed by atoms with Gasteiger partial charge in [-0.05, 0) is 50.2 Å². The topological polar surface area (TPSA) is 51.2 Å². The van der Waals surface area contributed by atoms with E-state index >= 15 is 0 Å². The molecule has 0 fully saturated rings. The van der Waals surface area contributed by atoms with Crippen LogP contribution in [-0.4, -0.2) is 23.0 Å². The number of rotatable bonds is 6. The molecule has 1 heterocycles. The van der Waals surface area contributed by atoms with Crippen molar-refractivity contribution < 1.29 is 13.9 Å². The summed E-state index contributed by atoms with van der Waals surface area (Å²) in [6.45, 7) is 3.85. The number of benzene rings is 2. The number of amides is 1. The standard InChI is InChI=1S/C19H19FN2O2S/c1-19(2,24-14-9-7-13(20)8-10-14)18(23)21-12-11-17-22-15-5-3-4-6-16(15)25-17/h3-10H,11-12H2,1-2H3,(H,21,23). The second kappa shape index (κ2) is 7.19. The molecule has 0 aliphatic heterocycles. The van der Waals surface area contributed by atoms with Crippen molar-refractivity contribution in [2.75, 3.05) is 6.54 Å². The molecule has 0 saturated carbocycles. The monoisotopic (exact) mass is 358 g/mol. The molecule has 0 aliphatic rings. The summed E-state index contributed by atoms with van der Waals surface area (Å²) in [7, 11) is 0. The summed E-state index contributed by atoms with van der Waals surface area (Å²) in [5.41, 5.74) is -0.0698. The summed E-state index contributed by atoms with van der Waals surface area (Å²) in [4.78, 5) is 16.9. The SMILES string of the molecule is CC(C)(Oc1ccc(F)cc1)C(=O)NCCc1nc2ccccc2s1. The van der Waals surface area contributed by atoms with Gasteiger partial charge in [-0.1, -0.05) is 12.1 Å². The first-order chi connectivity index (χ1) is 11.9. The molecule has 0 spiro atoms. The smallest absolute Gasteiger partial charge is 0.263 e. The van der Waals surface area contributed by atoms with Crippen LogP contribution in [0.15, 0.2) is 48.5 Å². The lowest BCUT2D eigenvalue weighted by molar-refractivity contribution is -0.134. The maximum absolute atomic E-state index is 12.9. The van der Waals surface area contributed by atoms with Crippen LogP contribution in [0.1, 0.15) is 18.9 Å². The van der Waals surface area contributed by atoms with E-state index in [1.807, 2.05) is 24.3 Å². The first kappa shape index (κ1) is 17.4.